The molecule has 2 fully saturated rings. The molecule has 0 spiro atoms. The van der Waals surface area contributed by atoms with Crippen LogP contribution >= 0.6 is 0 Å². The summed E-state index contributed by atoms with van der Waals surface area (Å²) >= 11 is 0. The van der Waals surface area contributed by atoms with Crippen LogP contribution in [0.3, 0.4) is 0 Å². The van der Waals surface area contributed by atoms with Crippen molar-refractivity contribution >= 4 is 17.9 Å². The molecule has 3 amide bonds. The minimum atomic E-state index is -1.09. The standard InChI is InChI=1S/C10H16N4O4/c11-7(3-8(15)16)9(17)13-1-2-14-6(5-13)4-12-10(14)18/h6-7H,1-5,11H2,(H,12,18)(H,15,16). The number of carboxylic acids is 1. The van der Waals surface area contributed by atoms with Crippen LogP contribution in [-0.4, -0.2) is 71.1 Å². The highest BCUT2D eigenvalue weighted by atomic mass is 16.4. The number of nitrogens with two attached hydrogens (primary N) is 1. The van der Waals surface area contributed by atoms with Gasteiger partial charge in [0.05, 0.1) is 18.5 Å². The van der Waals surface area contributed by atoms with Crippen molar-refractivity contribution in [3.05, 3.63) is 0 Å². The lowest BCUT2D eigenvalue weighted by Crippen LogP contribution is -2.57. The topological polar surface area (TPSA) is 116 Å². The molecule has 2 aliphatic rings. The zero-order valence-corrected chi connectivity index (χ0v) is 9.83. The Bertz CT molecular complexity index is 386. The van der Waals surface area contributed by atoms with Gasteiger partial charge in [-0.2, -0.15) is 0 Å². The van der Waals surface area contributed by atoms with Crippen molar-refractivity contribution in [2.75, 3.05) is 26.2 Å². The van der Waals surface area contributed by atoms with Crippen LogP contribution in [0.5, 0.6) is 0 Å². The summed E-state index contributed by atoms with van der Waals surface area (Å²) in [6, 6.07) is -1.16. The first kappa shape index (κ1) is 12.6. The second kappa shape index (κ2) is 4.81. The molecule has 2 aliphatic heterocycles. The Balaban J connectivity index is 1.93. The SMILES string of the molecule is NC(CC(=O)O)C(=O)N1CCN2C(=O)NCC2C1. The molecule has 8 heteroatoms. The van der Waals surface area contributed by atoms with E-state index >= 15 is 0 Å². The van der Waals surface area contributed by atoms with Gasteiger partial charge in [-0.1, -0.05) is 0 Å². The van der Waals surface area contributed by atoms with Crippen molar-refractivity contribution in [3.8, 4) is 0 Å². The number of nitrogens with one attached hydrogen (secondary N) is 1. The highest BCUT2D eigenvalue weighted by Crippen LogP contribution is 2.15. The Labute approximate surface area is 104 Å². The Hall–Kier alpha value is -1.83. The zero-order valence-electron chi connectivity index (χ0n) is 9.83. The Kier molecular flexibility index (Phi) is 3.37. The molecule has 0 bridgehead atoms. The van der Waals surface area contributed by atoms with Crippen LogP contribution in [-0.2, 0) is 9.59 Å². The number of urea groups is 1. The summed E-state index contributed by atoms with van der Waals surface area (Å²) in [5, 5.41) is 11.3. The molecule has 0 radical (unpaired) electrons. The second-order valence-corrected chi connectivity index (χ2v) is 4.52. The smallest absolute Gasteiger partial charge is 0.317 e. The predicted molar refractivity (Wildman–Crippen MR) is 60.7 cm³/mol. The first-order valence-electron chi connectivity index (χ1n) is 5.79. The van der Waals surface area contributed by atoms with E-state index in [1.807, 2.05) is 0 Å². The van der Waals surface area contributed by atoms with Gasteiger partial charge in [0.2, 0.25) is 5.91 Å². The van der Waals surface area contributed by atoms with Gasteiger partial charge in [-0.3, -0.25) is 9.59 Å². The molecule has 8 nitrogen and oxygen atoms in total. The van der Waals surface area contributed by atoms with E-state index in [9.17, 15) is 14.4 Å². The van der Waals surface area contributed by atoms with E-state index in [2.05, 4.69) is 5.32 Å². The molecule has 2 atom stereocenters. The summed E-state index contributed by atoms with van der Waals surface area (Å²) in [4.78, 5) is 37.0. The number of amides is 3. The average molecular weight is 256 g/mol. The van der Waals surface area contributed by atoms with E-state index in [4.69, 9.17) is 10.8 Å². The third-order valence-electron chi connectivity index (χ3n) is 3.26. The van der Waals surface area contributed by atoms with Crippen LogP contribution in [0.15, 0.2) is 0 Å². The number of rotatable bonds is 3. The minimum absolute atomic E-state index is 0.0350. The predicted octanol–water partition coefficient (Wildman–Crippen LogP) is -1.98. The number of carbonyl (C=O) groups is 3. The van der Waals surface area contributed by atoms with Crippen LogP contribution in [0, 0.1) is 0 Å². The van der Waals surface area contributed by atoms with E-state index in [-0.39, 0.29) is 24.4 Å². The van der Waals surface area contributed by atoms with Gasteiger partial charge in [-0.25, -0.2) is 4.79 Å². The zero-order chi connectivity index (χ0) is 13.3. The number of carbonyl (C=O) groups excluding carboxylic acids is 2. The van der Waals surface area contributed by atoms with Gasteiger partial charge in [0.15, 0.2) is 0 Å². The number of fused-ring (bicyclic) bond motifs is 1. The quantitative estimate of drug-likeness (QED) is 0.541. The van der Waals surface area contributed by atoms with Gasteiger partial charge in [0.1, 0.15) is 0 Å². The minimum Gasteiger partial charge on any atom is -0.481 e. The highest BCUT2D eigenvalue weighted by molar-refractivity contribution is 5.86. The molecule has 18 heavy (non-hydrogen) atoms. The third kappa shape index (κ3) is 2.37. The number of aliphatic carboxylic acids is 1. The molecular weight excluding hydrogens is 240 g/mol. The maximum absolute atomic E-state index is 11.9. The summed E-state index contributed by atoms with van der Waals surface area (Å²) < 4.78 is 0. The number of piperazine rings is 1. The lowest BCUT2D eigenvalue weighted by molar-refractivity contribution is -0.142. The van der Waals surface area contributed by atoms with E-state index in [0.29, 0.717) is 26.2 Å². The van der Waals surface area contributed by atoms with Gasteiger partial charge in [-0.05, 0) is 0 Å². The maximum atomic E-state index is 11.9. The van der Waals surface area contributed by atoms with E-state index in [1.165, 1.54) is 4.90 Å². The van der Waals surface area contributed by atoms with Crippen LogP contribution in [0.4, 0.5) is 4.79 Å². The van der Waals surface area contributed by atoms with Gasteiger partial charge in [0, 0.05) is 26.2 Å². The molecule has 0 aromatic heterocycles. The van der Waals surface area contributed by atoms with Gasteiger partial charge >= 0.3 is 12.0 Å². The van der Waals surface area contributed by atoms with Crippen molar-refractivity contribution in [3.63, 3.8) is 0 Å². The average Bonchev–Trinajstić information content (AvgIpc) is 2.69. The third-order valence-corrected chi connectivity index (χ3v) is 3.26. The summed E-state index contributed by atoms with van der Waals surface area (Å²) in [5.74, 6) is -1.46. The highest BCUT2D eigenvalue weighted by Gasteiger charge is 2.37. The molecule has 0 aliphatic carbocycles. The molecule has 2 rings (SSSR count). The number of carboxylic acid groups (broad SMARTS) is 1. The summed E-state index contributed by atoms with van der Waals surface area (Å²) in [5.41, 5.74) is 5.55. The first-order chi connectivity index (χ1) is 8.49. The molecule has 0 saturated carbocycles. The van der Waals surface area contributed by atoms with Crippen molar-refractivity contribution in [2.24, 2.45) is 5.73 Å². The molecule has 2 unspecified atom stereocenters. The largest absolute Gasteiger partial charge is 0.481 e. The lowest BCUT2D eigenvalue weighted by atomic mass is 10.1. The molecular formula is C10H16N4O4. The number of nitrogens with zero attached hydrogens (tertiary/aromatic N) is 2. The first-order valence-corrected chi connectivity index (χ1v) is 5.79. The van der Waals surface area contributed by atoms with E-state index < -0.39 is 12.0 Å². The van der Waals surface area contributed by atoms with Crippen molar-refractivity contribution < 1.29 is 19.5 Å². The maximum Gasteiger partial charge on any atom is 0.317 e. The normalized spacial score (nSPS) is 24.5. The molecule has 0 aromatic rings. The molecule has 0 aromatic carbocycles. The van der Waals surface area contributed by atoms with Gasteiger partial charge in [0.25, 0.3) is 0 Å². The summed E-state index contributed by atoms with van der Waals surface area (Å²) in [6.07, 6.45) is -0.374. The van der Waals surface area contributed by atoms with Crippen LogP contribution in [0.25, 0.3) is 0 Å². The van der Waals surface area contributed by atoms with E-state index in [0.717, 1.165) is 0 Å². The Morgan fingerprint density at radius 2 is 2.22 bits per heavy atom. The molecule has 2 heterocycles. The van der Waals surface area contributed by atoms with Crippen LogP contribution in [0.1, 0.15) is 6.42 Å². The molecule has 100 valence electrons. The monoisotopic (exact) mass is 256 g/mol. The van der Waals surface area contributed by atoms with E-state index in [1.54, 1.807) is 4.90 Å². The fourth-order valence-electron chi connectivity index (χ4n) is 2.31. The van der Waals surface area contributed by atoms with Crippen LogP contribution < -0.4 is 11.1 Å². The lowest BCUT2D eigenvalue weighted by Gasteiger charge is -2.37. The van der Waals surface area contributed by atoms with Crippen molar-refractivity contribution in [2.45, 2.75) is 18.5 Å². The second-order valence-electron chi connectivity index (χ2n) is 4.52. The summed E-state index contributed by atoms with van der Waals surface area (Å²) in [6.45, 7) is 1.78. The summed E-state index contributed by atoms with van der Waals surface area (Å²) in [7, 11) is 0. The number of hydrogen-bond acceptors (Lipinski definition) is 4. The molecule has 2 saturated heterocycles. The Morgan fingerprint density at radius 3 is 2.89 bits per heavy atom. The van der Waals surface area contributed by atoms with Crippen molar-refractivity contribution in [1.29, 1.82) is 0 Å². The van der Waals surface area contributed by atoms with Gasteiger partial charge < -0.3 is 26.0 Å². The Morgan fingerprint density at radius 1 is 1.50 bits per heavy atom. The van der Waals surface area contributed by atoms with Crippen molar-refractivity contribution in [1.82, 2.24) is 15.1 Å². The fraction of sp³-hybridized carbons (Fsp3) is 0.700. The van der Waals surface area contributed by atoms with Gasteiger partial charge in [-0.15, -0.1) is 0 Å². The molecule has 4 N–H and O–H groups in total. The number of hydrogen-bond donors (Lipinski definition) is 3. The fourth-order valence-corrected chi connectivity index (χ4v) is 2.31. The van der Waals surface area contributed by atoms with Crippen LogP contribution in [0.2, 0.25) is 0 Å².